The van der Waals surface area contributed by atoms with Crippen LogP contribution in [0.4, 0.5) is 0 Å². The number of carbonyl (C=O) groups excluding carboxylic acids is 2. The van der Waals surface area contributed by atoms with E-state index in [0.29, 0.717) is 24.7 Å². The molecule has 1 spiro atoms. The first-order chi connectivity index (χ1) is 11.9. The smallest absolute Gasteiger partial charge is 0.224 e. The molecule has 1 aromatic heterocycles. The summed E-state index contributed by atoms with van der Waals surface area (Å²) in [5.41, 5.74) is 0.0959. The Morgan fingerprint density at radius 1 is 1.28 bits per heavy atom. The van der Waals surface area contributed by atoms with E-state index in [9.17, 15) is 9.59 Å². The van der Waals surface area contributed by atoms with E-state index < -0.39 is 0 Å². The van der Waals surface area contributed by atoms with Gasteiger partial charge in [-0.05, 0) is 25.7 Å². The standard InChI is InChI=1S/C19H30N4O2/c1-15(2)12-23-13-19(11-18(23)25)4-7-21(8-5-19)17(24)10-16(3)22-9-6-20-14-22/h6,9,14-16H,4-5,7-8,10-13H2,1-3H3. The van der Waals surface area contributed by atoms with Crippen molar-refractivity contribution < 1.29 is 9.59 Å². The molecule has 2 aliphatic rings. The molecule has 1 unspecified atom stereocenters. The minimum Gasteiger partial charge on any atom is -0.343 e. The second-order valence-corrected chi connectivity index (χ2v) is 8.29. The molecule has 0 saturated carbocycles. The van der Waals surface area contributed by atoms with Crippen LogP contribution in [0.15, 0.2) is 18.7 Å². The summed E-state index contributed by atoms with van der Waals surface area (Å²) in [6, 6.07) is 0.125. The topological polar surface area (TPSA) is 58.4 Å². The zero-order chi connectivity index (χ0) is 18.0. The molecular weight excluding hydrogens is 316 g/mol. The summed E-state index contributed by atoms with van der Waals surface area (Å²) in [4.78, 5) is 33.0. The van der Waals surface area contributed by atoms with Crippen molar-refractivity contribution in [1.82, 2.24) is 19.4 Å². The van der Waals surface area contributed by atoms with Gasteiger partial charge in [0.2, 0.25) is 11.8 Å². The predicted molar refractivity (Wildman–Crippen MR) is 95.8 cm³/mol. The third kappa shape index (κ3) is 4.05. The highest BCUT2D eigenvalue weighted by molar-refractivity contribution is 5.80. The highest BCUT2D eigenvalue weighted by atomic mass is 16.2. The highest BCUT2D eigenvalue weighted by Crippen LogP contribution is 2.41. The summed E-state index contributed by atoms with van der Waals surface area (Å²) < 4.78 is 1.97. The molecule has 2 aliphatic heterocycles. The maximum Gasteiger partial charge on any atom is 0.224 e. The number of piperidine rings is 1. The molecule has 6 nitrogen and oxygen atoms in total. The van der Waals surface area contributed by atoms with E-state index in [0.717, 1.165) is 39.0 Å². The zero-order valence-electron chi connectivity index (χ0n) is 15.6. The van der Waals surface area contributed by atoms with Gasteiger partial charge in [-0.1, -0.05) is 13.8 Å². The number of hydrogen-bond donors (Lipinski definition) is 0. The third-order valence-corrected chi connectivity index (χ3v) is 5.67. The maximum absolute atomic E-state index is 12.6. The Morgan fingerprint density at radius 2 is 2.00 bits per heavy atom. The molecule has 2 saturated heterocycles. The molecule has 3 rings (SSSR count). The van der Waals surface area contributed by atoms with Gasteiger partial charge in [-0.3, -0.25) is 9.59 Å². The number of rotatable bonds is 5. The zero-order valence-corrected chi connectivity index (χ0v) is 15.6. The lowest BCUT2D eigenvalue weighted by Gasteiger charge is -2.39. The van der Waals surface area contributed by atoms with Gasteiger partial charge >= 0.3 is 0 Å². The summed E-state index contributed by atoms with van der Waals surface area (Å²) in [6.07, 6.45) is 8.45. The Bertz CT molecular complexity index is 603. The van der Waals surface area contributed by atoms with Crippen molar-refractivity contribution in [3.05, 3.63) is 18.7 Å². The van der Waals surface area contributed by atoms with Crippen LogP contribution in [0.1, 0.15) is 52.5 Å². The summed E-state index contributed by atoms with van der Waals surface area (Å²) in [6.45, 7) is 9.63. The van der Waals surface area contributed by atoms with Crippen LogP contribution in [0.25, 0.3) is 0 Å². The first kappa shape index (κ1) is 18.0. The largest absolute Gasteiger partial charge is 0.343 e. The molecule has 25 heavy (non-hydrogen) atoms. The van der Waals surface area contributed by atoms with E-state index in [2.05, 4.69) is 18.8 Å². The number of aromatic nitrogens is 2. The number of likely N-dealkylation sites (tertiary alicyclic amines) is 2. The average molecular weight is 346 g/mol. The Morgan fingerprint density at radius 3 is 2.60 bits per heavy atom. The van der Waals surface area contributed by atoms with Gasteiger partial charge in [-0.15, -0.1) is 0 Å². The fourth-order valence-corrected chi connectivity index (χ4v) is 4.17. The van der Waals surface area contributed by atoms with Gasteiger partial charge in [-0.25, -0.2) is 4.98 Å². The summed E-state index contributed by atoms with van der Waals surface area (Å²) >= 11 is 0. The fourth-order valence-electron chi connectivity index (χ4n) is 4.17. The van der Waals surface area contributed by atoms with Crippen molar-refractivity contribution >= 4 is 11.8 Å². The first-order valence-electron chi connectivity index (χ1n) is 9.41. The quantitative estimate of drug-likeness (QED) is 0.822. The number of amides is 2. The van der Waals surface area contributed by atoms with Gasteiger partial charge in [0.1, 0.15) is 0 Å². The van der Waals surface area contributed by atoms with Gasteiger partial charge in [0, 0.05) is 62.9 Å². The second kappa shape index (κ2) is 7.18. The molecule has 138 valence electrons. The van der Waals surface area contributed by atoms with Crippen LogP contribution in [0, 0.1) is 11.3 Å². The lowest BCUT2D eigenvalue weighted by atomic mass is 9.77. The number of imidazole rings is 1. The van der Waals surface area contributed by atoms with Crippen LogP contribution in [0.3, 0.4) is 0 Å². The van der Waals surface area contributed by atoms with Crippen LogP contribution in [0.2, 0.25) is 0 Å². The monoisotopic (exact) mass is 346 g/mol. The van der Waals surface area contributed by atoms with Crippen molar-refractivity contribution in [2.75, 3.05) is 26.2 Å². The minimum atomic E-state index is 0.0959. The van der Waals surface area contributed by atoms with Crippen molar-refractivity contribution in [3.63, 3.8) is 0 Å². The number of nitrogens with zero attached hydrogens (tertiary/aromatic N) is 4. The molecule has 3 heterocycles. The van der Waals surface area contributed by atoms with E-state index >= 15 is 0 Å². The maximum atomic E-state index is 12.6. The number of carbonyl (C=O) groups is 2. The van der Waals surface area contributed by atoms with E-state index in [-0.39, 0.29) is 17.4 Å². The molecule has 0 aliphatic carbocycles. The minimum absolute atomic E-state index is 0.0959. The molecule has 0 N–H and O–H groups in total. The Hall–Kier alpha value is -1.85. The lowest BCUT2D eigenvalue weighted by molar-refractivity contribution is -0.134. The van der Waals surface area contributed by atoms with Crippen LogP contribution in [-0.4, -0.2) is 57.3 Å². The van der Waals surface area contributed by atoms with E-state index in [1.807, 2.05) is 27.5 Å². The van der Waals surface area contributed by atoms with Crippen LogP contribution in [0.5, 0.6) is 0 Å². The molecule has 2 fully saturated rings. The van der Waals surface area contributed by atoms with Crippen LogP contribution in [-0.2, 0) is 9.59 Å². The predicted octanol–water partition coefficient (Wildman–Crippen LogP) is 2.33. The summed E-state index contributed by atoms with van der Waals surface area (Å²) in [5.74, 6) is 1.01. The Kier molecular flexibility index (Phi) is 5.16. The summed E-state index contributed by atoms with van der Waals surface area (Å²) in [7, 11) is 0. The van der Waals surface area contributed by atoms with Crippen LogP contribution >= 0.6 is 0 Å². The van der Waals surface area contributed by atoms with Crippen molar-refractivity contribution in [2.24, 2.45) is 11.3 Å². The number of hydrogen-bond acceptors (Lipinski definition) is 3. The molecular formula is C19H30N4O2. The first-order valence-corrected chi connectivity index (χ1v) is 9.41. The Labute approximate surface area is 150 Å². The van der Waals surface area contributed by atoms with Gasteiger partial charge in [0.25, 0.3) is 0 Å². The van der Waals surface area contributed by atoms with Crippen LogP contribution < -0.4 is 0 Å². The molecule has 0 aromatic carbocycles. The van der Waals surface area contributed by atoms with Gasteiger partial charge in [0.15, 0.2) is 0 Å². The van der Waals surface area contributed by atoms with E-state index in [4.69, 9.17) is 0 Å². The highest BCUT2D eigenvalue weighted by Gasteiger charge is 2.45. The summed E-state index contributed by atoms with van der Waals surface area (Å²) in [5, 5.41) is 0. The van der Waals surface area contributed by atoms with Crippen molar-refractivity contribution in [2.45, 2.75) is 52.5 Å². The fraction of sp³-hybridized carbons (Fsp3) is 0.737. The van der Waals surface area contributed by atoms with Crippen molar-refractivity contribution in [3.8, 4) is 0 Å². The molecule has 0 bridgehead atoms. The van der Waals surface area contributed by atoms with E-state index in [1.165, 1.54) is 0 Å². The molecule has 0 radical (unpaired) electrons. The molecule has 1 atom stereocenters. The second-order valence-electron chi connectivity index (χ2n) is 8.29. The van der Waals surface area contributed by atoms with Gasteiger partial charge in [-0.2, -0.15) is 0 Å². The molecule has 6 heteroatoms. The van der Waals surface area contributed by atoms with Crippen molar-refractivity contribution in [1.29, 1.82) is 0 Å². The third-order valence-electron chi connectivity index (χ3n) is 5.67. The SMILES string of the molecule is CC(C)CN1CC2(CCN(C(=O)CC(C)n3ccnc3)CC2)CC1=O. The normalized spacial score (nSPS) is 21.4. The lowest BCUT2D eigenvalue weighted by Crippen LogP contribution is -2.44. The van der Waals surface area contributed by atoms with Gasteiger partial charge < -0.3 is 14.4 Å². The Balaban J connectivity index is 1.52. The average Bonchev–Trinajstić information content (AvgIpc) is 3.17. The van der Waals surface area contributed by atoms with Gasteiger partial charge in [0.05, 0.1) is 6.33 Å². The molecule has 1 aromatic rings. The molecule has 2 amide bonds. The van der Waals surface area contributed by atoms with E-state index in [1.54, 1.807) is 12.5 Å².